The van der Waals surface area contributed by atoms with Crippen molar-refractivity contribution in [2.45, 2.75) is 18.9 Å². The summed E-state index contributed by atoms with van der Waals surface area (Å²) >= 11 is 0. The first-order valence-electron chi connectivity index (χ1n) is 6.21. The topological polar surface area (TPSA) is 75.4 Å². The van der Waals surface area contributed by atoms with Crippen LogP contribution in [0.25, 0.3) is 0 Å². The molecule has 1 atom stereocenters. The SMILES string of the molecule is O=C(O)c1cc(CNCC2Cc3ccccc32)on1. The second kappa shape index (κ2) is 4.85. The lowest BCUT2D eigenvalue weighted by atomic mass is 9.77. The summed E-state index contributed by atoms with van der Waals surface area (Å²) < 4.78 is 4.94. The molecule has 3 rings (SSSR count). The molecule has 0 spiro atoms. The Balaban J connectivity index is 1.50. The number of benzene rings is 1. The van der Waals surface area contributed by atoms with E-state index in [1.807, 2.05) is 0 Å². The van der Waals surface area contributed by atoms with Crippen LogP contribution in [0, 0.1) is 0 Å². The molecule has 19 heavy (non-hydrogen) atoms. The molecular weight excluding hydrogens is 244 g/mol. The van der Waals surface area contributed by atoms with Gasteiger partial charge in [-0.1, -0.05) is 29.4 Å². The molecule has 1 unspecified atom stereocenters. The van der Waals surface area contributed by atoms with Crippen LogP contribution in [-0.4, -0.2) is 22.8 Å². The molecule has 5 heteroatoms. The van der Waals surface area contributed by atoms with E-state index in [0.717, 1.165) is 13.0 Å². The average molecular weight is 258 g/mol. The van der Waals surface area contributed by atoms with E-state index in [-0.39, 0.29) is 5.69 Å². The minimum absolute atomic E-state index is 0.0502. The van der Waals surface area contributed by atoms with Crippen LogP contribution in [0.2, 0.25) is 0 Å². The first-order valence-corrected chi connectivity index (χ1v) is 6.21. The lowest BCUT2D eigenvalue weighted by Gasteiger charge is -2.30. The van der Waals surface area contributed by atoms with E-state index in [9.17, 15) is 4.79 Å². The van der Waals surface area contributed by atoms with E-state index in [4.69, 9.17) is 9.63 Å². The smallest absolute Gasteiger partial charge is 0.358 e. The highest BCUT2D eigenvalue weighted by Gasteiger charge is 2.24. The van der Waals surface area contributed by atoms with Crippen LogP contribution < -0.4 is 5.32 Å². The zero-order chi connectivity index (χ0) is 13.2. The van der Waals surface area contributed by atoms with Crippen molar-refractivity contribution in [1.82, 2.24) is 10.5 Å². The van der Waals surface area contributed by atoms with Gasteiger partial charge in [0, 0.05) is 18.5 Å². The number of aromatic nitrogens is 1. The standard InChI is InChI=1S/C14H14N2O3/c17-14(18)13-6-11(19-16-13)8-15-7-10-5-9-3-1-2-4-12(9)10/h1-4,6,10,15H,5,7-8H2,(H,17,18). The third-order valence-corrected chi connectivity index (χ3v) is 3.43. The number of carbonyl (C=O) groups is 1. The Morgan fingerprint density at radius 3 is 3.05 bits per heavy atom. The first-order chi connectivity index (χ1) is 9.24. The van der Waals surface area contributed by atoms with Gasteiger partial charge in [-0.05, 0) is 17.5 Å². The summed E-state index contributed by atoms with van der Waals surface area (Å²) in [6.07, 6.45) is 1.10. The van der Waals surface area contributed by atoms with Crippen molar-refractivity contribution in [2.75, 3.05) is 6.54 Å². The molecule has 5 nitrogen and oxygen atoms in total. The minimum Gasteiger partial charge on any atom is -0.476 e. The van der Waals surface area contributed by atoms with Gasteiger partial charge in [0.1, 0.15) is 0 Å². The Morgan fingerprint density at radius 1 is 1.47 bits per heavy atom. The van der Waals surface area contributed by atoms with Crippen molar-refractivity contribution in [1.29, 1.82) is 0 Å². The second-order valence-corrected chi connectivity index (χ2v) is 4.71. The van der Waals surface area contributed by atoms with Crippen molar-refractivity contribution in [2.24, 2.45) is 0 Å². The van der Waals surface area contributed by atoms with E-state index in [1.165, 1.54) is 17.2 Å². The lowest BCUT2D eigenvalue weighted by molar-refractivity contribution is 0.0685. The van der Waals surface area contributed by atoms with E-state index < -0.39 is 5.97 Å². The predicted molar refractivity (Wildman–Crippen MR) is 68.1 cm³/mol. The van der Waals surface area contributed by atoms with Gasteiger partial charge in [0.15, 0.2) is 11.5 Å². The summed E-state index contributed by atoms with van der Waals surface area (Å²) in [4.78, 5) is 10.6. The van der Waals surface area contributed by atoms with Crippen molar-refractivity contribution in [3.05, 3.63) is 52.9 Å². The summed E-state index contributed by atoms with van der Waals surface area (Å²) in [5, 5.41) is 15.5. The molecule has 0 bridgehead atoms. The van der Waals surface area contributed by atoms with Crippen LogP contribution in [0.15, 0.2) is 34.9 Å². The number of rotatable bonds is 5. The number of hydrogen-bond donors (Lipinski definition) is 2. The van der Waals surface area contributed by atoms with Gasteiger partial charge in [-0.25, -0.2) is 4.79 Å². The maximum Gasteiger partial charge on any atom is 0.358 e. The molecule has 1 aliphatic rings. The normalized spacial score (nSPS) is 16.7. The molecule has 1 aromatic carbocycles. The molecule has 0 radical (unpaired) electrons. The molecule has 0 saturated carbocycles. The zero-order valence-corrected chi connectivity index (χ0v) is 10.3. The summed E-state index contributed by atoms with van der Waals surface area (Å²) in [7, 11) is 0. The highest BCUT2D eigenvalue weighted by molar-refractivity contribution is 5.85. The largest absolute Gasteiger partial charge is 0.476 e. The number of carboxylic acid groups (broad SMARTS) is 1. The molecule has 2 aromatic rings. The molecular formula is C14H14N2O3. The van der Waals surface area contributed by atoms with Crippen LogP contribution in [-0.2, 0) is 13.0 Å². The van der Waals surface area contributed by atoms with Crippen molar-refractivity contribution >= 4 is 5.97 Å². The highest BCUT2D eigenvalue weighted by atomic mass is 16.5. The predicted octanol–water partition coefficient (Wildman–Crippen LogP) is 1.80. The third kappa shape index (κ3) is 2.37. The summed E-state index contributed by atoms with van der Waals surface area (Å²) in [5.41, 5.74) is 2.77. The molecule has 2 N–H and O–H groups in total. The molecule has 0 fully saturated rings. The first kappa shape index (κ1) is 11.9. The van der Waals surface area contributed by atoms with E-state index in [1.54, 1.807) is 0 Å². The quantitative estimate of drug-likeness (QED) is 0.855. The Morgan fingerprint density at radius 2 is 2.32 bits per heavy atom. The fraction of sp³-hybridized carbons (Fsp3) is 0.286. The average Bonchev–Trinajstić information content (AvgIpc) is 2.84. The maximum atomic E-state index is 10.6. The highest BCUT2D eigenvalue weighted by Crippen LogP contribution is 2.33. The van der Waals surface area contributed by atoms with Crippen LogP contribution in [0.3, 0.4) is 0 Å². The minimum atomic E-state index is -1.07. The van der Waals surface area contributed by atoms with Gasteiger partial charge >= 0.3 is 5.97 Å². The van der Waals surface area contributed by atoms with E-state index in [0.29, 0.717) is 18.2 Å². The van der Waals surface area contributed by atoms with Crippen LogP contribution in [0.4, 0.5) is 0 Å². The van der Waals surface area contributed by atoms with Crippen LogP contribution >= 0.6 is 0 Å². The molecule has 0 aliphatic heterocycles. The van der Waals surface area contributed by atoms with Gasteiger partial charge in [0.2, 0.25) is 0 Å². The summed E-state index contributed by atoms with van der Waals surface area (Å²) in [5.74, 6) is 0.0194. The molecule has 1 aliphatic carbocycles. The number of fused-ring (bicyclic) bond motifs is 1. The van der Waals surface area contributed by atoms with E-state index >= 15 is 0 Å². The monoisotopic (exact) mass is 258 g/mol. The Kier molecular flexibility index (Phi) is 3.05. The van der Waals surface area contributed by atoms with Gasteiger partial charge < -0.3 is 14.9 Å². The Hall–Kier alpha value is -2.14. The van der Waals surface area contributed by atoms with Crippen molar-refractivity contribution in [3.8, 4) is 0 Å². The number of carboxylic acids is 1. The van der Waals surface area contributed by atoms with Crippen molar-refractivity contribution < 1.29 is 14.4 Å². The maximum absolute atomic E-state index is 10.6. The Labute approximate surface area is 110 Å². The van der Waals surface area contributed by atoms with Gasteiger partial charge in [-0.3, -0.25) is 0 Å². The van der Waals surface area contributed by atoms with Crippen LogP contribution in [0.1, 0.15) is 33.3 Å². The third-order valence-electron chi connectivity index (χ3n) is 3.43. The number of hydrogen-bond acceptors (Lipinski definition) is 4. The molecule has 1 aromatic heterocycles. The Bertz CT molecular complexity index is 606. The fourth-order valence-corrected chi connectivity index (χ4v) is 2.41. The second-order valence-electron chi connectivity index (χ2n) is 4.71. The van der Waals surface area contributed by atoms with Gasteiger partial charge in [0.05, 0.1) is 6.54 Å². The lowest BCUT2D eigenvalue weighted by Crippen LogP contribution is -2.28. The fourth-order valence-electron chi connectivity index (χ4n) is 2.41. The number of nitrogens with zero attached hydrogens (tertiary/aromatic N) is 1. The van der Waals surface area contributed by atoms with Gasteiger partial charge in [0.25, 0.3) is 0 Å². The molecule has 0 amide bonds. The number of nitrogens with one attached hydrogen (secondary N) is 1. The van der Waals surface area contributed by atoms with Gasteiger partial charge in [-0.2, -0.15) is 0 Å². The van der Waals surface area contributed by atoms with Gasteiger partial charge in [-0.15, -0.1) is 0 Å². The molecule has 1 heterocycles. The van der Waals surface area contributed by atoms with Crippen LogP contribution in [0.5, 0.6) is 0 Å². The number of aromatic carboxylic acids is 1. The summed E-state index contributed by atoms with van der Waals surface area (Å²) in [6.45, 7) is 1.36. The summed E-state index contributed by atoms with van der Waals surface area (Å²) in [6, 6.07) is 9.87. The van der Waals surface area contributed by atoms with Crippen molar-refractivity contribution in [3.63, 3.8) is 0 Å². The van der Waals surface area contributed by atoms with E-state index in [2.05, 4.69) is 34.7 Å². The molecule has 0 saturated heterocycles. The zero-order valence-electron chi connectivity index (χ0n) is 10.3. The molecule has 98 valence electrons.